The van der Waals surface area contributed by atoms with Gasteiger partial charge in [0.2, 0.25) is 0 Å². The van der Waals surface area contributed by atoms with Crippen molar-refractivity contribution in [1.82, 2.24) is 0 Å². The maximum atomic E-state index is 10.2. The normalized spacial score (nSPS) is 23.6. The predicted octanol–water partition coefficient (Wildman–Crippen LogP) is 6.90. The van der Waals surface area contributed by atoms with Gasteiger partial charge in [-0.25, -0.2) is 0 Å². The van der Waals surface area contributed by atoms with Crippen LogP contribution in [-0.4, -0.2) is 53.1 Å². The third kappa shape index (κ3) is 15.0. The molecule has 1 saturated heterocycles. The van der Waals surface area contributed by atoms with E-state index in [4.69, 9.17) is 9.47 Å². The first-order valence-corrected chi connectivity index (χ1v) is 14.9. The van der Waals surface area contributed by atoms with Crippen LogP contribution in [0.3, 0.4) is 0 Å². The highest BCUT2D eigenvalue weighted by atomic mass is 16.7. The van der Waals surface area contributed by atoms with E-state index in [1.165, 1.54) is 116 Å². The van der Waals surface area contributed by atoms with Gasteiger partial charge in [-0.3, -0.25) is 0 Å². The van der Waals surface area contributed by atoms with E-state index in [0.29, 0.717) is 12.5 Å². The zero-order valence-electron chi connectivity index (χ0n) is 22.6. The monoisotopic (exact) mass is 486 g/mol. The summed E-state index contributed by atoms with van der Waals surface area (Å²) in [6.07, 6.45) is 22.6. The minimum atomic E-state index is -1.08. The zero-order valence-corrected chi connectivity index (χ0v) is 22.6. The molecule has 1 fully saturated rings. The molecule has 5 nitrogen and oxygen atoms in total. The SMILES string of the molecule is CCCCCCCCCCCCC(CCCCCCCCCC)COC1O[C@H](CO)[C@H](O)[C@H]1O. The number of hydrogen-bond acceptors (Lipinski definition) is 5. The molecule has 1 heterocycles. The molecule has 1 rings (SSSR count). The molecule has 5 atom stereocenters. The summed E-state index contributed by atoms with van der Waals surface area (Å²) < 4.78 is 11.4. The standard InChI is InChI=1S/C29H58O5/c1-3-5-7-9-11-13-14-16-18-20-22-25(21-19-17-15-12-10-8-6-4-2)24-33-29-28(32)27(31)26(23-30)34-29/h25-32H,3-24H2,1-2H3/t25?,26-,27+,28-,29?/m1/s1. The Labute approximate surface area is 211 Å². The Kier molecular flexibility index (Phi) is 20.6. The van der Waals surface area contributed by atoms with Crippen LogP contribution < -0.4 is 0 Å². The van der Waals surface area contributed by atoms with Gasteiger partial charge in [-0.1, -0.05) is 129 Å². The highest BCUT2D eigenvalue weighted by Crippen LogP contribution is 2.25. The van der Waals surface area contributed by atoms with Crippen molar-refractivity contribution in [3.63, 3.8) is 0 Å². The van der Waals surface area contributed by atoms with E-state index in [-0.39, 0.29) is 6.61 Å². The second-order valence-corrected chi connectivity index (χ2v) is 10.6. The number of aliphatic hydroxyl groups is 3. The van der Waals surface area contributed by atoms with Gasteiger partial charge in [-0.15, -0.1) is 0 Å². The first-order valence-electron chi connectivity index (χ1n) is 14.9. The smallest absolute Gasteiger partial charge is 0.186 e. The molecule has 0 bridgehead atoms. The van der Waals surface area contributed by atoms with Gasteiger partial charge >= 0.3 is 0 Å². The van der Waals surface area contributed by atoms with Gasteiger partial charge in [-0.05, 0) is 18.8 Å². The van der Waals surface area contributed by atoms with Gasteiger partial charge in [0.05, 0.1) is 13.2 Å². The van der Waals surface area contributed by atoms with Gasteiger partial charge in [0.1, 0.15) is 18.3 Å². The van der Waals surface area contributed by atoms with Crippen LogP contribution in [0.5, 0.6) is 0 Å². The van der Waals surface area contributed by atoms with Crippen LogP contribution in [0.2, 0.25) is 0 Å². The summed E-state index contributed by atoms with van der Waals surface area (Å²) in [5, 5.41) is 29.4. The molecule has 34 heavy (non-hydrogen) atoms. The Morgan fingerprint density at radius 1 is 0.618 bits per heavy atom. The molecule has 0 saturated carbocycles. The highest BCUT2D eigenvalue weighted by Gasteiger charge is 2.43. The summed E-state index contributed by atoms with van der Waals surface area (Å²) in [6, 6.07) is 0. The van der Waals surface area contributed by atoms with Crippen LogP contribution in [0, 0.1) is 5.92 Å². The Bertz CT molecular complexity index is 433. The van der Waals surface area contributed by atoms with Crippen LogP contribution in [0.4, 0.5) is 0 Å². The lowest BCUT2D eigenvalue weighted by Crippen LogP contribution is -2.35. The van der Waals surface area contributed by atoms with Gasteiger partial charge in [-0.2, -0.15) is 0 Å². The maximum absolute atomic E-state index is 10.2. The quantitative estimate of drug-likeness (QED) is 0.129. The summed E-state index contributed by atoms with van der Waals surface area (Å²) >= 11 is 0. The van der Waals surface area contributed by atoms with Crippen molar-refractivity contribution in [3.8, 4) is 0 Å². The average Bonchev–Trinajstić information content (AvgIpc) is 3.12. The molecular weight excluding hydrogens is 428 g/mol. The minimum absolute atomic E-state index is 0.307. The van der Waals surface area contributed by atoms with Crippen molar-refractivity contribution in [2.45, 2.75) is 167 Å². The molecule has 204 valence electrons. The van der Waals surface area contributed by atoms with Crippen LogP contribution in [0.15, 0.2) is 0 Å². The molecule has 0 spiro atoms. The third-order valence-corrected chi connectivity index (χ3v) is 7.43. The van der Waals surface area contributed by atoms with Crippen LogP contribution in [0.1, 0.15) is 142 Å². The first kappa shape index (κ1) is 31.8. The summed E-state index contributed by atoms with van der Waals surface area (Å²) in [5.41, 5.74) is 0. The molecule has 0 aliphatic carbocycles. The fourth-order valence-corrected chi connectivity index (χ4v) is 5.03. The van der Waals surface area contributed by atoms with Crippen molar-refractivity contribution in [1.29, 1.82) is 0 Å². The molecular formula is C29H58O5. The van der Waals surface area contributed by atoms with Crippen molar-refractivity contribution in [2.75, 3.05) is 13.2 Å². The molecule has 0 amide bonds. The second-order valence-electron chi connectivity index (χ2n) is 10.6. The summed E-state index contributed by atoms with van der Waals surface area (Å²) in [7, 11) is 0. The third-order valence-electron chi connectivity index (χ3n) is 7.43. The lowest BCUT2D eigenvalue weighted by Gasteiger charge is -2.21. The largest absolute Gasteiger partial charge is 0.394 e. The molecule has 1 aliphatic rings. The van der Waals surface area contributed by atoms with E-state index < -0.39 is 24.6 Å². The Morgan fingerprint density at radius 3 is 1.41 bits per heavy atom. The highest BCUT2D eigenvalue weighted by molar-refractivity contribution is 4.86. The minimum Gasteiger partial charge on any atom is -0.394 e. The van der Waals surface area contributed by atoms with E-state index in [9.17, 15) is 15.3 Å². The Balaban J connectivity index is 2.25. The summed E-state index contributed by atoms with van der Waals surface area (Å²) in [5.74, 6) is 0.468. The zero-order chi connectivity index (χ0) is 24.9. The first-order chi connectivity index (χ1) is 16.6. The van der Waals surface area contributed by atoms with E-state index >= 15 is 0 Å². The number of hydrogen-bond donors (Lipinski definition) is 3. The maximum Gasteiger partial charge on any atom is 0.186 e. The Hall–Kier alpha value is -0.200. The topological polar surface area (TPSA) is 79.2 Å². The molecule has 1 aliphatic heterocycles. The van der Waals surface area contributed by atoms with E-state index in [1.54, 1.807) is 0 Å². The van der Waals surface area contributed by atoms with Gasteiger partial charge in [0.25, 0.3) is 0 Å². The van der Waals surface area contributed by atoms with Gasteiger partial charge in [0.15, 0.2) is 6.29 Å². The van der Waals surface area contributed by atoms with Crippen molar-refractivity contribution < 1.29 is 24.8 Å². The van der Waals surface area contributed by atoms with E-state index in [1.807, 2.05) is 0 Å². The van der Waals surface area contributed by atoms with E-state index in [0.717, 1.165) is 12.8 Å². The van der Waals surface area contributed by atoms with Crippen molar-refractivity contribution in [3.05, 3.63) is 0 Å². The Morgan fingerprint density at radius 2 is 1.03 bits per heavy atom. The van der Waals surface area contributed by atoms with Gasteiger partial charge in [0, 0.05) is 0 Å². The molecule has 0 radical (unpaired) electrons. The number of ether oxygens (including phenoxy) is 2. The van der Waals surface area contributed by atoms with Crippen LogP contribution in [-0.2, 0) is 9.47 Å². The lowest BCUT2D eigenvalue weighted by atomic mass is 9.94. The van der Waals surface area contributed by atoms with Gasteiger partial charge < -0.3 is 24.8 Å². The fraction of sp³-hybridized carbons (Fsp3) is 1.00. The summed E-state index contributed by atoms with van der Waals surface area (Å²) in [4.78, 5) is 0. The molecule has 2 unspecified atom stereocenters. The van der Waals surface area contributed by atoms with Crippen LogP contribution in [0.25, 0.3) is 0 Å². The molecule has 3 N–H and O–H groups in total. The second kappa shape index (κ2) is 22.0. The lowest BCUT2D eigenvalue weighted by molar-refractivity contribution is -0.176. The molecule has 0 aromatic heterocycles. The number of aliphatic hydroxyl groups excluding tert-OH is 3. The van der Waals surface area contributed by atoms with Crippen molar-refractivity contribution in [2.24, 2.45) is 5.92 Å². The average molecular weight is 487 g/mol. The van der Waals surface area contributed by atoms with Crippen molar-refractivity contribution >= 4 is 0 Å². The molecule has 0 aromatic carbocycles. The predicted molar refractivity (Wildman–Crippen MR) is 141 cm³/mol. The molecule has 5 heteroatoms. The van der Waals surface area contributed by atoms with E-state index in [2.05, 4.69) is 13.8 Å². The number of unbranched alkanes of at least 4 members (excludes halogenated alkanes) is 16. The van der Waals surface area contributed by atoms with Crippen LogP contribution >= 0.6 is 0 Å². The molecule has 0 aromatic rings. The fourth-order valence-electron chi connectivity index (χ4n) is 5.03. The number of rotatable bonds is 24. The summed E-state index contributed by atoms with van der Waals surface area (Å²) in [6.45, 7) is 4.78.